The van der Waals surface area contributed by atoms with Gasteiger partial charge in [-0.15, -0.1) is 0 Å². The van der Waals surface area contributed by atoms with Gasteiger partial charge in [0.2, 0.25) is 5.91 Å². The molecule has 2 fully saturated rings. The second kappa shape index (κ2) is 16.6. The van der Waals surface area contributed by atoms with E-state index in [1.165, 1.54) is 17.7 Å². The highest BCUT2D eigenvalue weighted by atomic mass is 19.1. The zero-order valence-corrected chi connectivity index (χ0v) is 21.9. The van der Waals surface area contributed by atoms with Gasteiger partial charge in [-0.3, -0.25) is 9.18 Å². The molecule has 1 saturated carbocycles. The first kappa shape index (κ1) is 29.1. The Morgan fingerprint density at radius 3 is 2.24 bits per heavy atom. The summed E-state index contributed by atoms with van der Waals surface area (Å²) in [7, 11) is 0.500. The predicted molar refractivity (Wildman–Crippen MR) is 140 cm³/mol. The number of benzene rings is 1. The van der Waals surface area contributed by atoms with E-state index < -0.39 is 0 Å². The zero-order chi connectivity index (χ0) is 24.6. The molecule has 1 heterocycles. The molecule has 0 aromatic heterocycles. The molecule has 4 heteroatoms. The van der Waals surface area contributed by atoms with Crippen molar-refractivity contribution in [2.45, 2.75) is 79.2 Å². The number of rotatable bonds is 7. The van der Waals surface area contributed by atoms with Crippen molar-refractivity contribution in [3.63, 3.8) is 0 Å². The van der Waals surface area contributed by atoms with E-state index in [1.54, 1.807) is 0 Å². The lowest BCUT2D eigenvalue weighted by molar-refractivity contribution is -0.131. The van der Waals surface area contributed by atoms with E-state index in [0.29, 0.717) is 31.5 Å². The lowest BCUT2D eigenvalue weighted by atomic mass is 9.99. The van der Waals surface area contributed by atoms with Gasteiger partial charge in [-0.25, -0.2) is 0 Å². The van der Waals surface area contributed by atoms with Gasteiger partial charge in [0, 0.05) is 37.8 Å². The summed E-state index contributed by atoms with van der Waals surface area (Å²) in [4.78, 5) is 17.6. The van der Waals surface area contributed by atoms with Gasteiger partial charge in [0.15, 0.2) is 0 Å². The first-order valence-corrected chi connectivity index (χ1v) is 13.1. The van der Waals surface area contributed by atoms with Crippen LogP contribution in [0.3, 0.4) is 0 Å². The molecule has 2 unspecified atom stereocenters. The van der Waals surface area contributed by atoms with Crippen LogP contribution in [0.2, 0.25) is 0 Å². The zero-order valence-electron chi connectivity index (χ0n) is 21.9. The predicted octanol–water partition coefficient (Wildman–Crippen LogP) is 7.05. The minimum atomic E-state index is 0.315. The van der Waals surface area contributed by atoms with E-state index in [0.717, 1.165) is 51.2 Å². The first-order chi connectivity index (χ1) is 16.2. The monoisotopic (exact) mass is 458 g/mol. The molecule has 33 heavy (non-hydrogen) atoms. The first-order valence-electron chi connectivity index (χ1n) is 13.1. The van der Waals surface area contributed by atoms with Gasteiger partial charge in [0.25, 0.3) is 0 Å². The third kappa shape index (κ3) is 9.08. The van der Waals surface area contributed by atoms with Crippen LogP contribution in [0.15, 0.2) is 54.3 Å². The molecular weight excluding hydrogens is 411 g/mol. The Hall–Kier alpha value is -1.94. The molecule has 3 nitrogen and oxygen atoms in total. The maximum atomic E-state index is 12.9. The quantitative estimate of drug-likeness (QED) is 0.437. The second-order valence-electron chi connectivity index (χ2n) is 8.34. The maximum absolute atomic E-state index is 12.9. The van der Waals surface area contributed by atoms with Crippen LogP contribution in [0.4, 0.5) is 4.39 Å². The van der Waals surface area contributed by atoms with E-state index in [-0.39, 0.29) is 0 Å². The molecular formula is C29H47FN2O. The Kier molecular flexibility index (Phi) is 14.7. The number of nitrogens with zero attached hydrogens (tertiary/aromatic N) is 2. The van der Waals surface area contributed by atoms with Crippen LogP contribution in [0.1, 0.15) is 72.3 Å². The van der Waals surface area contributed by atoms with Crippen molar-refractivity contribution in [1.29, 1.82) is 0 Å². The number of fused-ring (bicyclic) bond motifs is 1. The molecule has 186 valence electrons. The molecule has 1 aromatic rings. The van der Waals surface area contributed by atoms with E-state index in [1.807, 2.05) is 27.7 Å². The normalized spacial score (nSPS) is 21.0. The van der Waals surface area contributed by atoms with Gasteiger partial charge in [-0.1, -0.05) is 77.1 Å². The van der Waals surface area contributed by atoms with Gasteiger partial charge in [0.05, 0.1) is 7.18 Å². The fourth-order valence-corrected chi connectivity index (χ4v) is 4.53. The molecule has 2 atom stereocenters. The lowest BCUT2D eigenvalue weighted by Crippen LogP contribution is -2.47. The number of hydrogen-bond donors (Lipinski definition) is 0. The van der Waals surface area contributed by atoms with E-state index in [2.05, 4.69) is 65.3 Å². The number of hydrogen-bond acceptors (Lipinski definition) is 2. The van der Waals surface area contributed by atoms with Crippen molar-refractivity contribution >= 4 is 5.91 Å². The third-order valence-electron chi connectivity index (χ3n) is 6.28. The summed E-state index contributed by atoms with van der Waals surface area (Å²) in [5.74, 6) is 1.75. The van der Waals surface area contributed by atoms with Gasteiger partial charge >= 0.3 is 0 Å². The molecule has 0 bridgehead atoms. The average molecular weight is 459 g/mol. The minimum absolute atomic E-state index is 0.315. The van der Waals surface area contributed by atoms with Crippen molar-refractivity contribution in [2.75, 3.05) is 26.8 Å². The molecule has 1 aliphatic heterocycles. The minimum Gasteiger partial charge on any atom is -0.310 e. The molecule has 0 N–H and O–H groups in total. The Morgan fingerprint density at radius 2 is 1.67 bits per heavy atom. The van der Waals surface area contributed by atoms with Gasteiger partial charge < -0.3 is 9.80 Å². The number of alkyl halides is 1. The van der Waals surface area contributed by atoms with Gasteiger partial charge in [0.1, 0.15) is 0 Å². The number of halogens is 1. The topological polar surface area (TPSA) is 23.6 Å². The molecule has 1 saturated heterocycles. The Labute approximate surface area is 202 Å². The molecule has 1 aromatic carbocycles. The number of amides is 1. The summed E-state index contributed by atoms with van der Waals surface area (Å²) in [5.41, 5.74) is 2.59. The van der Waals surface area contributed by atoms with E-state index in [9.17, 15) is 9.18 Å². The summed E-state index contributed by atoms with van der Waals surface area (Å²) in [6.45, 7) is 13.4. The highest BCUT2D eigenvalue weighted by Crippen LogP contribution is 2.45. The Bertz CT molecular complexity index is 708. The van der Waals surface area contributed by atoms with Crippen LogP contribution in [0.5, 0.6) is 0 Å². The second-order valence-corrected chi connectivity index (χ2v) is 8.34. The van der Waals surface area contributed by atoms with Crippen molar-refractivity contribution in [1.82, 2.24) is 9.80 Å². The number of carbonyl (C=O) groups is 1. The maximum Gasteiger partial charge on any atom is 0.227 e. The lowest BCUT2D eigenvalue weighted by Gasteiger charge is -2.39. The molecule has 0 radical (unpaired) electrons. The molecule has 4 rings (SSSR count). The van der Waals surface area contributed by atoms with Gasteiger partial charge in [-0.2, -0.15) is 0 Å². The van der Waals surface area contributed by atoms with Crippen LogP contribution in [0, 0.1) is 11.8 Å². The number of piperidine rings is 1. The largest absolute Gasteiger partial charge is 0.310 e. The summed E-state index contributed by atoms with van der Waals surface area (Å²) in [6.07, 6.45) is 13.0. The van der Waals surface area contributed by atoms with Crippen molar-refractivity contribution in [3.8, 4) is 0 Å². The van der Waals surface area contributed by atoms with Crippen LogP contribution in [-0.4, -0.2) is 48.6 Å². The Balaban J connectivity index is 0.000000841. The number of likely N-dealkylation sites (tertiary alicyclic amines) is 1. The summed E-state index contributed by atoms with van der Waals surface area (Å²) < 4.78 is 9.50. The van der Waals surface area contributed by atoms with Crippen molar-refractivity contribution in [3.05, 3.63) is 59.8 Å². The Morgan fingerprint density at radius 1 is 1.03 bits per heavy atom. The molecule has 3 aliphatic rings. The summed E-state index contributed by atoms with van der Waals surface area (Å²) in [5, 5.41) is 0. The fraction of sp³-hybridized carbons (Fsp3) is 0.621. The molecule has 0 spiro atoms. The number of carbonyl (C=O) groups excluding carboxylic acids is 1. The smallest absolute Gasteiger partial charge is 0.227 e. The summed E-state index contributed by atoms with van der Waals surface area (Å²) in [6, 6.07) is 11.1. The van der Waals surface area contributed by atoms with Gasteiger partial charge in [-0.05, 0) is 55.6 Å². The number of allylic oxidation sites excluding steroid dienone is 3. The van der Waals surface area contributed by atoms with Crippen LogP contribution < -0.4 is 0 Å². The molecule has 2 aliphatic carbocycles. The van der Waals surface area contributed by atoms with Crippen LogP contribution in [-0.2, 0) is 11.2 Å². The van der Waals surface area contributed by atoms with E-state index >= 15 is 0 Å². The summed E-state index contributed by atoms with van der Waals surface area (Å²) >= 11 is 0. The van der Waals surface area contributed by atoms with Crippen LogP contribution in [0.25, 0.3) is 0 Å². The highest BCUT2D eigenvalue weighted by Gasteiger charge is 2.38. The molecule has 1 amide bonds. The third-order valence-corrected chi connectivity index (χ3v) is 6.28. The van der Waals surface area contributed by atoms with Crippen LogP contribution >= 0.6 is 0 Å². The fourth-order valence-electron chi connectivity index (χ4n) is 4.53. The average Bonchev–Trinajstić information content (AvgIpc) is 3.67. The standard InChI is InChI=1S/C24H32N2O.2C2H6.CH3F/c1-2-6-24(27)26(23-10-9-20-17-21(20)18-23)22-12-15-25(16-13-22)14-11-19-7-4-3-5-8-19;3*1-2/h3-5,7-10,18,20-22H,2,6,11-17H2,1H3;2*1-2H3;1H3. The highest BCUT2D eigenvalue weighted by molar-refractivity contribution is 5.79. The van der Waals surface area contributed by atoms with Crippen molar-refractivity contribution < 1.29 is 9.18 Å². The van der Waals surface area contributed by atoms with Crippen molar-refractivity contribution in [2.24, 2.45) is 11.8 Å². The SMILES string of the molecule is CC.CC.CCCC(=O)N(C1=CC2CC2C=C1)C1CCN(CCc2ccccc2)CC1.CF. The van der Waals surface area contributed by atoms with E-state index in [4.69, 9.17) is 0 Å².